The van der Waals surface area contributed by atoms with E-state index in [2.05, 4.69) is 19.2 Å². The van der Waals surface area contributed by atoms with E-state index in [1.807, 2.05) is 0 Å². The highest BCUT2D eigenvalue weighted by Crippen LogP contribution is 2.45. The number of hydrogen-bond donors (Lipinski definition) is 2. The summed E-state index contributed by atoms with van der Waals surface area (Å²) < 4.78 is 0. The average Bonchev–Trinajstić information content (AvgIpc) is 2.09. The van der Waals surface area contributed by atoms with Crippen LogP contribution in [0.4, 0.5) is 0 Å². The van der Waals surface area contributed by atoms with Crippen LogP contribution in [0.2, 0.25) is 0 Å². The second-order valence-electron chi connectivity index (χ2n) is 5.87. The molecule has 3 N–H and O–H groups in total. The van der Waals surface area contributed by atoms with E-state index in [1.165, 1.54) is 6.42 Å². The molecule has 0 saturated heterocycles. The number of nitrogens with two attached hydrogens (primary N) is 1. The molecule has 2 rings (SSSR count). The maximum Gasteiger partial charge on any atom is 0.227 e. The molecule has 86 valence electrons. The fraction of sp³-hybridized carbons (Fsp3) is 0.917. The summed E-state index contributed by atoms with van der Waals surface area (Å²) >= 11 is 0. The molecule has 3 nitrogen and oxygen atoms in total. The van der Waals surface area contributed by atoms with Crippen molar-refractivity contribution in [2.45, 2.75) is 51.5 Å². The van der Waals surface area contributed by atoms with Gasteiger partial charge < -0.3 is 11.1 Å². The van der Waals surface area contributed by atoms with Crippen LogP contribution in [-0.4, -0.2) is 18.0 Å². The third-order valence-electron chi connectivity index (χ3n) is 4.22. The monoisotopic (exact) mass is 210 g/mol. The molecule has 0 atom stereocenters. The second-order valence-corrected chi connectivity index (χ2v) is 5.87. The summed E-state index contributed by atoms with van der Waals surface area (Å²) in [5.74, 6) is 0.860. The Labute approximate surface area is 91.8 Å². The van der Waals surface area contributed by atoms with Crippen LogP contribution in [0, 0.1) is 11.3 Å². The molecule has 15 heavy (non-hydrogen) atoms. The predicted molar refractivity (Wildman–Crippen MR) is 60.3 cm³/mol. The van der Waals surface area contributed by atoms with Crippen LogP contribution >= 0.6 is 0 Å². The Morgan fingerprint density at radius 1 is 1.47 bits per heavy atom. The van der Waals surface area contributed by atoms with Gasteiger partial charge in [-0.1, -0.05) is 6.92 Å². The number of hydrogen-bond acceptors (Lipinski definition) is 2. The Morgan fingerprint density at radius 2 is 2.07 bits per heavy atom. The predicted octanol–water partition coefficient (Wildman–Crippen LogP) is 1.42. The van der Waals surface area contributed by atoms with Gasteiger partial charge in [0, 0.05) is 12.1 Å². The maximum absolute atomic E-state index is 12.1. The van der Waals surface area contributed by atoms with Gasteiger partial charge in [0.05, 0.1) is 5.41 Å². The van der Waals surface area contributed by atoms with Crippen molar-refractivity contribution < 1.29 is 4.79 Å². The van der Waals surface area contributed by atoms with E-state index in [4.69, 9.17) is 5.73 Å². The number of nitrogens with one attached hydrogen (secondary N) is 1. The molecule has 0 aliphatic heterocycles. The van der Waals surface area contributed by atoms with Gasteiger partial charge in [-0.15, -0.1) is 0 Å². The Morgan fingerprint density at radius 3 is 2.40 bits per heavy atom. The lowest BCUT2D eigenvalue weighted by atomic mass is 9.61. The minimum absolute atomic E-state index is 0.0675. The van der Waals surface area contributed by atoms with E-state index in [1.54, 1.807) is 0 Å². The lowest BCUT2D eigenvalue weighted by Crippen LogP contribution is -2.60. The van der Waals surface area contributed by atoms with Gasteiger partial charge in [-0.2, -0.15) is 0 Å². The van der Waals surface area contributed by atoms with Gasteiger partial charge in [-0.05, 0) is 44.9 Å². The van der Waals surface area contributed by atoms with Gasteiger partial charge in [0.25, 0.3) is 0 Å². The fourth-order valence-electron chi connectivity index (χ4n) is 2.96. The summed E-state index contributed by atoms with van der Waals surface area (Å²) in [5.41, 5.74) is 5.58. The molecular weight excluding hydrogens is 188 g/mol. The largest absolute Gasteiger partial charge is 0.350 e. The third kappa shape index (κ3) is 1.78. The van der Waals surface area contributed by atoms with Crippen molar-refractivity contribution in [1.82, 2.24) is 5.32 Å². The minimum atomic E-state index is -0.238. The molecule has 0 heterocycles. The van der Waals surface area contributed by atoms with Gasteiger partial charge in [-0.3, -0.25) is 4.79 Å². The van der Waals surface area contributed by atoms with E-state index >= 15 is 0 Å². The van der Waals surface area contributed by atoms with Gasteiger partial charge in [0.1, 0.15) is 0 Å². The van der Waals surface area contributed by atoms with E-state index in [0.29, 0.717) is 12.5 Å². The lowest BCUT2D eigenvalue weighted by Gasteiger charge is -2.48. The molecule has 0 unspecified atom stereocenters. The quantitative estimate of drug-likeness (QED) is 0.740. The molecule has 0 aromatic rings. The molecular formula is C12H22N2O. The first-order chi connectivity index (χ1) is 7.00. The molecule has 2 fully saturated rings. The van der Waals surface area contributed by atoms with Crippen molar-refractivity contribution in [2.75, 3.05) is 6.54 Å². The number of carbonyl (C=O) groups is 1. The second kappa shape index (κ2) is 3.48. The fourth-order valence-corrected chi connectivity index (χ4v) is 2.96. The Bertz CT molecular complexity index is 265. The Kier molecular flexibility index (Phi) is 2.53. The normalized spacial score (nSPS) is 37.7. The first-order valence-electron chi connectivity index (χ1n) is 6.02. The number of amides is 1. The van der Waals surface area contributed by atoms with E-state index in [0.717, 1.165) is 25.7 Å². The molecule has 2 aliphatic rings. The van der Waals surface area contributed by atoms with Gasteiger partial charge in [0.15, 0.2) is 0 Å². The molecule has 3 heteroatoms. The standard InChI is InChI=1S/C12H22N2O/c1-9-6-12(7-9,8-13)10(15)14-11(2)4-3-5-11/h9H,3-8,13H2,1-2H3,(H,14,15). The maximum atomic E-state index is 12.1. The van der Waals surface area contributed by atoms with Crippen LogP contribution in [0.5, 0.6) is 0 Å². The molecule has 0 radical (unpaired) electrons. The van der Waals surface area contributed by atoms with Crippen LogP contribution in [0.25, 0.3) is 0 Å². The summed E-state index contributed by atoms with van der Waals surface area (Å²) in [6, 6.07) is 0. The van der Waals surface area contributed by atoms with Gasteiger partial charge >= 0.3 is 0 Å². The Balaban J connectivity index is 1.95. The van der Waals surface area contributed by atoms with E-state index < -0.39 is 0 Å². The smallest absolute Gasteiger partial charge is 0.227 e. The molecule has 2 aliphatic carbocycles. The zero-order chi connectivity index (χ0) is 11.1. The highest BCUT2D eigenvalue weighted by molar-refractivity contribution is 5.84. The average molecular weight is 210 g/mol. The van der Waals surface area contributed by atoms with Crippen LogP contribution in [0.3, 0.4) is 0 Å². The first kappa shape index (κ1) is 10.9. The lowest BCUT2D eigenvalue weighted by molar-refractivity contribution is -0.141. The molecule has 2 saturated carbocycles. The van der Waals surface area contributed by atoms with Crippen molar-refractivity contribution in [2.24, 2.45) is 17.1 Å². The number of rotatable bonds is 3. The van der Waals surface area contributed by atoms with Crippen molar-refractivity contribution in [3.05, 3.63) is 0 Å². The minimum Gasteiger partial charge on any atom is -0.350 e. The zero-order valence-electron chi connectivity index (χ0n) is 9.81. The van der Waals surface area contributed by atoms with Crippen LogP contribution < -0.4 is 11.1 Å². The van der Waals surface area contributed by atoms with Crippen LogP contribution in [0.15, 0.2) is 0 Å². The van der Waals surface area contributed by atoms with E-state index in [9.17, 15) is 4.79 Å². The summed E-state index contributed by atoms with van der Waals surface area (Å²) in [7, 11) is 0. The highest BCUT2D eigenvalue weighted by Gasteiger charge is 2.49. The van der Waals surface area contributed by atoms with E-state index in [-0.39, 0.29) is 16.9 Å². The number of carbonyl (C=O) groups excluding carboxylic acids is 1. The van der Waals surface area contributed by atoms with Crippen LogP contribution in [-0.2, 0) is 4.79 Å². The zero-order valence-corrected chi connectivity index (χ0v) is 9.81. The van der Waals surface area contributed by atoms with Crippen LogP contribution in [0.1, 0.15) is 46.0 Å². The highest BCUT2D eigenvalue weighted by atomic mass is 16.2. The molecule has 0 aromatic carbocycles. The van der Waals surface area contributed by atoms with Gasteiger partial charge in [0.2, 0.25) is 5.91 Å². The SMILES string of the molecule is CC1CC(CN)(C(=O)NC2(C)CCC2)C1. The van der Waals surface area contributed by atoms with Gasteiger partial charge in [-0.25, -0.2) is 0 Å². The summed E-state index contributed by atoms with van der Waals surface area (Å²) in [5, 5.41) is 3.19. The molecule has 0 aromatic heterocycles. The van der Waals surface area contributed by atoms with Crippen molar-refractivity contribution in [3.8, 4) is 0 Å². The summed E-state index contributed by atoms with van der Waals surface area (Å²) in [6.45, 7) is 4.83. The van der Waals surface area contributed by atoms with Crippen molar-refractivity contribution in [1.29, 1.82) is 0 Å². The molecule has 1 amide bonds. The summed E-state index contributed by atoms with van der Waals surface area (Å²) in [6.07, 6.45) is 5.41. The van der Waals surface area contributed by atoms with Crippen molar-refractivity contribution >= 4 is 5.91 Å². The summed E-state index contributed by atoms with van der Waals surface area (Å²) in [4.78, 5) is 12.1. The molecule has 0 spiro atoms. The third-order valence-corrected chi connectivity index (χ3v) is 4.22. The first-order valence-corrected chi connectivity index (χ1v) is 6.02. The molecule has 0 bridgehead atoms. The Hall–Kier alpha value is -0.570. The van der Waals surface area contributed by atoms with Crippen molar-refractivity contribution in [3.63, 3.8) is 0 Å². The topological polar surface area (TPSA) is 55.1 Å².